The van der Waals surface area contributed by atoms with Gasteiger partial charge in [-0.1, -0.05) is 62.6 Å². The molecular weight excluding hydrogens is 684 g/mol. The largest absolute Gasteiger partial charge is 0.458 e. The molecule has 0 saturated heterocycles. The van der Waals surface area contributed by atoms with Crippen LogP contribution >= 0.6 is 0 Å². The molecule has 54 heavy (non-hydrogen) atoms. The molecule has 4 unspecified atom stereocenters. The highest BCUT2D eigenvalue weighted by atomic mass is 16.6. The molecule has 0 bridgehead atoms. The summed E-state index contributed by atoms with van der Waals surface area (Å²) in [7, 11) is 0. The highest BCUT2D eigenvalue weighted by molar-refractivity contribution is 6.19. The van der Waals surface area contributed by atoms with Gasteiger partial charge in [-0.15, -0.1) is 0 Å². The Bertz CT molecular complexity index is 1650. The molecule has 0 fully saturated rings. The van der Waals surface area contributed by atoms with Gasteiger partial charge in [-0.05, 0) is 122 Å². The second-order valence-corrected chi connectivity index (χ2v) is 17.3. The van der Waals surface area contributed by atoms with Crippen molar-refractivity contribution in [2.45, 2.75) is 135 Å². The number of esters is 4. The van der Waals surface area contributed by atoms with Gasteiger partial charge in [-0.3, -0.25) is 9.59 Å². The zero-order valence-electron chi connectivity index (χ0n) is 35.2. The standard InChI is InChI=1S/C23H32O4.C22H30O5/c1-9-14(3)17-12-18(27-22(25)23(6,7)8)20(21(24)26-17)19-15(4)10-13(2)11-16(19)5;1-12-8-13(2)18(14(3)9-12)19-17(27-21(25)22(5,6)7)10-16(15(4)11-23)26-20(19)24/h10-11,14,17H,9,12H2,1-8H3;8-9,15-16,23H,10-11H2,1-7H3. The summed E-state index contributed by atoms with van der Waals surface area (Å²) in [5, 5.41) is 9.46. The van der Waals surface area contributed by atoms with Gasteiger partial charge in [0.2, 0.25) is 0 Å². The molecule has 2 heterocycles. The van der Waals surface area contributed by atoms with Crippen molar-refractivity contribution in [1.82, 2.24) is 0 Å². The van der Waals surface area contributed by atoms with Crippen molar-refractivity contribution in [1.29, 1.82) is 0 Å². The molecule has 2 aliphatic heterocycles. The van der Waals surface area contributed by atoms with Crippen molar-refractivity contribution < 1.29 is 43.2 Å². The summed E-state index contributed by atoms with van der Waals surface area (Å²) in [6.07, 6.45) is 0.762. The van der Waals surface area contributed by atoms with Crippen LogP contribution in [0.2, 0.25) is 0 Å². The molecule has 2 aliphatic rings. The van der Waals surface area contributed by atoms with Gasteiger partial charge in [0.25, 0.3) is 0 Å². The summed E-state index contributed by atoms with van der Waals surface area (Å²) in [6, 6.07) is 8.06. The van der Waals surface area contributed by atoms with Crippen molar-refractivity contribution in [2.24, 2.45) is 22.7 Å². The first-order chi connectivity index (χ1) is 24.9. The molecule has 9 heteroatoms. The van der Waals surface area contributed by atoms with Crippen LogP contribution in [0.3, 0.4) is 0 Å². The minimum absolute atomic E-state index is 0.115. The van der Waals surface area contributed by atoms with Crippen LogP contribution in [-0.2, 0) is 38.1 Å². The second-order valence-electron chi connectivity index (χ2n) is 17.3. The smallest absolute Gasteiger partial charge is 0.342 e. The lowest BCUT2D eigenvalue weighted by atomic mass is 9.88. The van der Waals surface area contributed by atoms with Crippen molar-refractivity contribution in [3.8, 4) is 0 Å². The lowest BCUT2D eigenvalue weighted by Crippen LogP contribution is -2.35. The molecule has 296 valence electrons. The Balaban J connectivity index is 0.000000290. The van der Waals surface area contributed by atoms with Crippen molar-refractivity contribution in [2.75, 3.05) is 6.61 Å². The van der Waals surface area contributed by atoms with Crippen LogP contribution in [-0.4, -0.2) is 47.8 Å². The molecule has 4 atom stereocenters. The summed E-state index contributed by atoms with van der Waals surface area (Å²) >= 11 is 0. The number of hydrogen-bond donors (Lipinski definition) is 1. The van der Waals surface area contributed by atoms with Crippen LogP contribution in [0.4, 0.5) is 0 Å². The Morgan fingerprint density at radius 2 is 0.981 bits per heavy atom. The lowest BCUT2D eigenvalue weighted by molar-refractivity contribution is -0.154. The second kappa shape index (κ2) is 17.5. The van der Waals surface area contributed by atoms with Gasteiger partial charge < -0.3 is 24.1 Å². The molecule has 0 aromatic heterocycles. The number of aliphatic hydroxyl groups is 1. The van der Waals surface area contributed by atoms with Gasteiger partial charge in [0.05, 0.1) is 10.8 Å². The molecule has 9 nitrogen and oxygen atoms in total. The van der Waals surface area contributed by atoms with Crippen molar-refractivity contribution in [3.63, 3.8) is 0 Å². The van der Waals surface area contributed by atoms with E-state index in [0.29, 0.717) is 29.1 Å². The lowest BCUT2D eigenvalue weighted by Gasteiger charge is -2.31. The fraction of sp³-hybridized carbons (Fsp3) is 0.556. The number of carbonyl (C=O) groups is 4. The van der Waals surface area contributed by atoms with Gasteiger partial charge >= 0.3 is 23.9 Å². The van der Waals surface area contributed by atoms with Gasteiger partial charge in [0, 0.05) is 25.4 Å². The predicted octanol–water partition coefficient (Wildman–Crippen LogP) is 9.13. The predicted molar refractivity (Wildman–Crippen MR) is 211 cm³/mol. The third-order valence-corrected chi connectivity index (χ3v) is 9.97. The Hall–Kier alpha value is -4.24. The molecule has 0 aliphatic carbocycles. The van der Waals surface area contributed by atoms with Gasteiger partial charge in [0.1, 0.15) is 34.9 Å². The van der Waals surface area contributed by atoms with E-state index in [-0.39, 0.29) is 36.9 Å². The molecule has 2 aromatic rings. The Morgan fingerprint density at radius 3 is 1.26 bits per heavy atom. The average molecular weight is 747 g/mol. The first-order valence-electron chi connectivity index (χ1n) is 19.0. The molecule has 1 N–H and O–H groups in total. The number of rotatable bonds is 8. The number of ether oxygens (including phenoxy) is 4. The van der Waals surface area contributed by atoms with E-state index in [2.05, 4.69) is 13.8 Å². The summed E-state index contributed by atoms with van der Waals surface area (Å²) in [4.78, 5) is 51.0. The van der Waals surface area contributed by atoms with Crippen molar-refractivity contribution in [3.05, 3.63) is 80.3 Å². The fourth-order valence-corrected chi connectivity index (χ4v) is 6.64. The number of benzene rings is 2. The first-order valence-corrected chi connectivity index (χ1v) is 19.0. The van der Waals surface area contributed by atoms with Crippen LogP contribution in [0.1, 0.15) is 126 Å². The molecule has 2 aromatic carbocycles. The van der Waals surface area contributed by atoms with Gasteiger partial charge in [0.15, 0.2) is 0 Å². The van der Waals surface area contributed by atoms with Crippen LogP contribution in [0.15, 0.2) is 35.8 Å². The monoisotopic (exact) mass is 746 g/mol. The van der Waals surface area contributed by atoms with E-state index >= 15 is 0 Å². The molecule has 0 spiro atoms. The quantitative estimate of drug-likeness (QED) is 0.208. The van der Waals surface area contributed by atoms with E-state index < -0.39 is 34.8 Å². The maximum Gasteiger partial charge on any atom is 0.342 e. The molecular formula is C45H62O9. The van der Waals surface area contributed by atoms with Crippen molar-refractivity contribution >= 4 is 35.0 Å². The molecule has 0 amide bonds. The highest BCUT2D eigenvalue weighted by Crippen LogP contribution is 2.39. The zero-order chi connectivity index (χ0) is 41.0. The zero-order valence-corrected chi connectivity index (χ0v) is 35.2. The maximum absolute atomic E-state index is 13.0. The van der Waals surface area contributed by atoms with E-state index in [9.17, 15) is 24.3 Å². The number of aliphatic hydroxyl groups excluding tert-OH is 1. The average Bonchev–Trinajstić information content (AvgIpc) is 3.04. The normalized spacial score (nSPS) is 19.0. The van der Waals surface area contributed by atoms with Gasteiger partial charge in [-0.2, -0.15) is 0 Å². The summed E-state index contributed by atoms with van der Waals surface area (Å²) in [6.45, 7) is 28.4. The van der Waals surface area contributed by atoms with Crippen LogP contribution in [0, 0.1) is 64.2 Å². The number of aryl methyl sites for hydroxylation is 6. The Morgan fingerprint density at radius 1 is 0.667 bits per heavy atom. The maximum atomic E-state index is 13.0. The van der Waals surface area contributed by atoms with E-state index in [4.69, 9.17) is 18.9 Å². The number of cyclic esters (lactones) is 2. The van der Waals surface area contributed by atoms with Crippen LogP contribution < -0.4 is 0 Å². The van der Waals surface area contributed by atoms with E-state index in [1.54, 1.807) is 27.7 Å². The Labute approximate surface area is 322 Å². The number of hydrogen-bond acceptors (Lipinski definition) is 9. The molecule has 0 radical (unpaired) electrons. The third kappa shape index (κ3) is 10.5. The van der Waals surface area contributed by atoms with E-state index in [1.807, 2.05) is 86.6 Å². The van der Waals surface area contributed by atoms with Gasteiger partial charge in [-0.25, -0.2) is 9.59 Å². The SMILES string of the molecule is CCC(C)C1CC(OC(=O)C(C)(C)C)=C(c2c(C)cc(C)cc2C)C(=O)O1.Cc1cc(C)c(C2=C(OC(=O)C(C)(C)C)CC(C(C)CO)OC2=O)c(C)c1. The Kier molecular flexibility index (Phi) is 14.3. The van der Waals surface area contributed by atoms with E-state index in [1.165, 1.54) is 0 Å². The van der Waals surface area contributed by atoms with Crippen LogP contribution in [0.5, 0.6) is 0 Å². The topological polar surface area (TPSA) is 125 Å². The summed E-state index contributed by atoms with van der Waals surface area (Å²) < 4.78 is 22.9. The minimum atomic E-state index is -0.699. The molecule has 4 rings (SSSR count). The first kappa shape index (κ1) is 44.2. The fourth-order valence-electron chi connectivity index (χ4n) is 6.64. The summed E-state index contributed by atoms with van der Waals surface area (Å²) in [5.74, 6) is -0.953. The summed E-state index contributed by atoms with van der Waals surface area (Å²) in [5.41, 5.74) is 6.94. The highest BCUT2D eigenvalue weighted by Gasteiger charge is 2.39. The van der Waals surface area contributed by atoms with Crippen LogP contribution in [0.25, 0.3) is 11.1 Å². The number of carbonyl (C=O) groups excluding carboxylic acids is 4. The third-order valence-electron chi connectivity index (χ3n) is 9.97. The molecule has 0 saturated carbocycles. The minimum Gasteiger partial charge on any atom is -0.458 e. The van der Waals surface area contributed by atoms with E-state index in [0.717, 1.165) is 50.9 Å².